The number of nitrogens with zero attached hydrogens (tertiary/aromatic N) is 1. The van der Waals surface area contributed by atoms with Crippen LogP contribution in [0.15, 0.2) is 48.5 Å². The lowest BCUT2D eigenvalue weighted by Gasteiger charge is -1.98. The number of ether oxygens (including phenoxy) is 1. The van der Waals surface area contributed by atoms with Gasteiger partial charge in [0.05, 0.1) is 5.56 Å². The van der Waals surface area contributed by atoms with Gasteiger partial charge in [0.15, 0.2) is 5.76 Å². The first kappa shape index (κ1) is 11.7. The highest BCUT2D eigenvalue weighted by molar-refractivity contribution is 6.15. The molecule has 102 valence electrons. The molecule has 1 aliphatic rings. The number of carbonyl (C=O) groups is 1. The Hall–Kier alpha value is -3.08. The molecule has 0 bridgehead atoms. The van der Waals surface area contributed by atoms with Crippen LogP contribution in [0.5, 0.6) is 11.5 Å². The van der Waals surface area contributed by atoms with Crippen LogP contribution in [-0.2, 0) is 0 Å². The molecule has 3 aromatic rings. The first-order valence-electron chi connectivity index (χ1n) is 6.42. The summed E-state index contributed by atoms with van der Waals surface area (Å²) in [4.78, 5) is 19.5. The fourth-order valence-corrected chi connectivity index (χ4v) is 2.41. The first-order chi connectivity index (χ1) is 10.2. The van der Waals surface area contributed by atoms with Gasteiger partial charge in [0.25, 0.3) is 0 Å². The number of phenols is 1. The number of fused-ring (bicyclic) bond motifs is 2. The number of aromatic amines is 1. The summed E-state index contributed by atoms with van der Waals surface area (Å²) in [6.07, 6.45) is 5.16. The number of hydrogen-bond donors (Lipinski definition) is 2. The Bertz CT molecular complexity index is 909. The maximum atomic E-state index is 12.3. The second-order valence-electron chi connectivity index (χ2n) is 4.76. The number of ketones is 1. The molecule has 5 nitrogen and oxygen atoms in total. The number of phenolic OH excluding ortho intramolecular Hbond substituents is 1. The summed E-state index contributed by atoms with van der Waals surface area (Å²) in [5.74, 6) is 0.493. The van der Waals surface area contributed by atoms with Crippen molar-refractivity contribution in [1.82, 2.24) is 9.97 Å². The number of Topliss-reactive ketones (excluding diaryl/α,β-unsaturated/α-hetero) is 1. The van der Waals surface area contributed by atoms with E-state index in [1.54, 1.807) is 24.5 Å². The van der Waals surface area contributed by atoms with Gasteiger partial charge in [-0.2, -0.15) is 0 Å². The number of rotatable bonds is 1. The summed E-state index contributed by atoms with van der Waals surface area (Å²) in [7, 11) is 0. The fraction of sp³-hybridized carbons (Fsp3) is 0. The lowest BCUT2D eigenvalue weighted by Crippen LogP contribution is -1.97. The van der Waals surface area contributed by atoms with Gasteiger partial charge in [-0.05, 0) is 30.3 Å². The van der Waals surface area contributed by atoms with Crippen molar-refractivity contribution in [3.8, 4) is 11.5 Å². The van der Waals surface area contributed by atoms with E-state index in [0.29, 0.717) is 11.3 Å². The fourth-order valence-electron chi connectivity index (χ4n) is 2.41. The first-order valence-corrected chi connectivity index (χ1v) is 6.42. The van der Waals surface area contributed by atoms with E-state index in [9.17, 15) is 9.90 Å². The Morgan fingerprint density at radius 3 is 3.10 bits per heavy atom. The lowest BCUT2D eigenvalue weighted by atomic mass is 10.1. The van der Waals surface area contributed by atoms with Crippen LogP contribution in [-0.4, -0.2) is 20.9 Å². The van der Waals surface area contributed by atoms with Gasteiger partial charge in [-0.1, -0.05) is 0 Å². The summed E-state index contributed by atoms with van der Waals surface area (Å²) in [6.45, 7) is 0. The van der Waals surface area contributed by atoms with E-state index in [2.05, 4.69) is 9.97 Å². The molecule has 4 rings (SSSR count). The third kappa shape index (κ3) is 1.79. The van der Waals surface area contributed by atoms with Gasteiger partial charge in [0, 0.05) is 29.4 Å². The lowest BCUT2D eigenvalue weighted by molar-refractivity contribution is 0.101. The Morgan fingerprint density at radius 1 is 1.29 bits per heavy atom. The molecule has 2 aromatic heterocycles. The highest BCUT2D eigenvalue weighted by Gasteiger charge is 2.27. The molecular formula is C16H10N2O3. The molecule has 0 unspecified atom stereocenters. The van der Waals surface area contributed by atoms with Crippen molar-refractivity contribution >= 4 is 22.9 Å². The molecule has 0 atom stereocenters. The van der Waals surface area contributed by atoms with Gasteiger partial charge in [-0.15, -0.1) is 0 Å². The Morgan fingerprint density at radius 2 is 2.19 bits per heavy atom. The molecule has 0 spiro atoms. The van der Waals surface area contributed by atoms with Gasteiger partial charge in [0.1, 0.15) is 17.1 Å². The predicted molar refractivity (Wildman–Crippen MR) is 77.1 cm³/mol. The summed E-state index contributed by atoms with van der Waals surface area (Å²) in [5.41, 5.74) is 2.04. The van der Waals surface area contributed by atoms with E-state index in [1.165, 1.54) is 12.1 Å². The number of carbonyl (C=O) groups excluding carboxylic acids is 1. The van der Waals surface area contributed by atoms with E-state index in [0.717, 1.165) is 16.6 Å². The number of benzene rings is 1. The molecule has 1 aliphatic heterocycles. The highest BCUT2D eigenvalue weighted by Crippen LogP contribution is 2.34. The third-order valence-corrected chi connectivity index (χ3v) is 3.42. The van der Waals surface area contributed by atoms with E-state index in [1.807, 2.05) is 12.1 Å². The zero-order chi connectivity index (χ0) is 14.4. The van der Waals surface area contributed by atoms with E-state index in [4.69, 9.17) is 4.74 Å². The number of nitrogens with one attached hydrogen (secondary N) is 1. The highest BCUT2D eigenvalue weighted by atomic mass is 16.5. The van der Waals surface area contributed by atoms with Gasteiger partial charge >= 0.3 is 0 Å². The molecular weight excluding hydrogens is 268 g/mol. The number of hydrogen-bond acceptors (Lipinski definition) is 4. The van der Waals surface area contributed by atoms with Crippen LogP contribution in [0.25, 0.3) is 17.1 Å². The molecule has 0 amide bonds. The van der Waals surface area contributed by atoms with Crippen molar-refractivity contribution < 1.29 is 14.6 Å². The largest absolute Gasteiger partial charge is 0.508 e. The zero-order valence-corrected chi connectivity index (χ0v) is 10.8. The number of aromatic nitrogens is 2. The van der Waals surface area contributed by atoms with Crippen LogP contribution < -0.4 is 4.74 Å². The smallest absolute Gasteiger partial charge is 0.231 e. The summed E-state index contributed by atoms with van der Waals surface area (Å²) < 4.78 is 5.54. The monoisotopic (exact) mass is 278 g/mol. The Kier molecular flexibility index (Phi) is 2.35. The quantitative estimate of drug-likeness (QED) is 0.671. The van der Waals surface area contributed by atoms with E-state index >= 15 is 0 Å². The van der Waals surface area contributed by atoms with Gasteiger partial charge in [0.2, 0.25) is 5.78 Å². The van der Waals surface area contributed by atoms with Gasteiger partial charge in [-0.25, -0.2) is 4.98 Å². The predicted octanol–water partition coefficient (Wildman–Crippen LogP) is 2.88. The molecule has 0 aliphatic carbocycles. The molecule has 2 N–H and O–H groups in total. The topological polar surface area (TPSA) is 75.2 Å². The molecule has 3 heterocycles. The molecule has 0 fully saturated rings. The molecule has 0 radical (unpaired) electrons. The molecule has 1 aromatic carbocycles. The molecule has 21 heavy (non-hydrogen) atoms. The van der Waals surface area contributed by atoms with E-state index in [-0.39, 0.29) is 17.3 Å². The van der Waals surface area contributed by atoms with Crippen molar-refractivity contribution in [1.29, 1.82) is 0 Å². The average molecular weight is 278 g/mol. The standard InChI is InChI=1S/C16H10N2O3/c19-10-3-4-12-13(7-10)21-14(15(12)20)6-9-8-18-16-11(9)2-1-5-17-16/h1-8,19H,(H,17,18). The van der Waals surface area contributed by atoms with Crippen LogP contribution in [0.1, 0.15) is 15.9 Å². The Balaban J connectivity index is 1.80. The normalized spacial score (nSPS) is 15.4. The second-order valence-corrected chi connectivity index (χ2v) is 4.76. The maximum Gasteiger partial charge on any atom is 0.231 e. The minimum Gasteiger partial charge on any atom is -0.508 e. The minimum absolute atomic E-state index is 0.0686. The van der Waals surface area contributed by atoms with Crippen molar-refractivity contribution in [2.45, 2.75) is 0 Å². The van der Waals surface area contributed by atoms with Crippen molar-refractivity contribution in [2.24, 2.45) is 0 Å². The summed E-state index contributed by atoms with van der Waals surface area (Å²) in [6, 6.07) is 8.22. The summed E-state index contributed by atoms with van der Waals surface area (Å²) >= 11 is 0. The average Bonchev–Trinajstić information content (AvgIpc) is 3.02. The van der Waals surface area contributed by atoms with Crippen LogP contribution in [0.3, 0.4) is 0 Å². The number of H-pyrrole nitrogens is 1. The van der Waals surface area contributed by atoms with Gasteiger partial charge < -0.3 is 14.8 Å². The maximum absolute atomic E-state index is 12.3. The van der Waals surface area contributed by atoms with Gasteiger partial charge in [-0.3, -0.25) is 4.79 Å². The SMILES string of the molecule is O=C1C(=Cc2c[nH]c3ncccc23)Oc2cc(O)ccc21. The number of pyridine rings is 1. The van der Waals surface area contributed by atoms with Crippen LogP contribution >= 0.6 is 0 Å². The molecule has 0 saturated carbocycles. The Labute approximate surface area is 119 Å². The number of allylic oxidation sites excluding steroid dienone is 1. The van der Waals surface area contributed by atoms with Crippen molar-refractivity contribution in [3.63, 3.8) is 0 Å². The minimum atomic E-state index is -0.191. The van der Waals surface area contributed by atoms with Crippen LogP contribution in [0, 0.1) is 0 Å². The molecule has 5 heteroatoms. The van der Waals surface area contributed by atoms with Crippen LogP contribution in [0.2, 0.25) is 0 Å². The third-order valence-electron chi connectivity index (χ3n) is 3.42. The number of aromatic hydroxyl groups is 1. The van der Waals surface area contributed by atoms with Crippen molar-refractivity contribution in [3.05, 3.63) is 59.6 Å². The second kappa shape index (κ2) is 4.21. The molecule has 0 saturated heterocycles. The van der Waals surface area contributed by atoms with Crippen molar-refractivity contribution in [2.75, 3.05) is 0 Å². The van der Waals surface area contributed by atoms with Crippen LogP contribution in [0.4, 0.5) is 0 Å². The van der Waals surface area contributed by atoms with E-state index < -0.39 is 0 Å². The zero-order valence-electron chi connectivity index (χ0n) is 10.8. The summed E-state index contributed by atoms with van der Waals surface area (Å²) in [5, 5.41) is 10.4.